The van der Waals surface area contributed by atoms with Crippen molar-refractivity contribution in [1.29, 1.82) is 0 Å². The van der Waals surface area contributed by atoms with Gasteiger partial charge in [-0.15, -0.1) is 0 Å². The van der Waals surface area contributed by atoms with Gasteiger partial charge in [-0.2, -0.15) is 11.8 Å². The second-order valence-corrected chi connectivity index (χ2v) is 9.01. The van der Waals surface area contributed by atoms with Crippen LogP contribution in [0.4, 0.5) is 5.69 Å². The minimum absolute atomic E-state index is 0.227. The lowest BCUT2D eigenvalue weighted by molar-refractivity contribution is 0.0738. The van der Waals surface area contributed by atoms with Crippen LogP contribution >= 0.6 is 11.8 Å². The Kier molecular flexibility index (Phi) is 3.69. The number of nitrogen functional groups attached to an aromatic ring is 1. The van der Waals surface area contributed by atoms with Gasteiger partial charge < -0.3 is 15.2 Å². The van der Waals surface area contributed by atoms with Crippen LogP contribution in [-0.4, -0.2) is 53.5 Å². The van der Waals surface area contributed by atoms with Crippen LogP contribution in [0.25, 0.3) is 0 Å². The molecule has 3 rings (SSSR count). The average molecular weight is 329 g/mol. The third-order valence-corrected chi connectivity index (χ3v) is 6.51. The molecule has 0 bridgehead atoms. The summed E-state index contributed by atoms with van der Waals surface area (Å²) in [5, 5.41) is -0.743. The highest BCUT2D eigenvalue weighted by atomic mass is 32.2. The fraction of sp³-hybridized carbons (Fsp3) is 0.615. The standard InChI is InChI=1S/C13H19N3O3S2/c1-21(18,19)12-8-20-5-4-15(12)13(17)11-6-9(14)7-16(11)10-2-3-10/h6-7,10,12H,2-5,8,14H2,1H3. The van der Waals surface area contributed by atoms with Crippen LogP contribution in [0.1, 0.15) is 29.4 Å². The monoisotopic (exact) mass is 329 g/mol. The molecule has 8 heteroatoms. The summed E-state index contributed by atoms with van der Waals surface area (Å²) in [7, 11) is -3.29. The lowest BCUT2D eigenvalue weighted by atomic mass is 10.3. The normalized spacial score (nSPS) is 23.3. The molecule has 1 aromatic heterocycles. The predicted octanol–water partition coefficient (Wildman–Crippen LogP) is 0.965. The Bertz CT molecular complexity index is 664. The van der Waals surface area contributed by atoms with E-state index >= 15 is 0 Å². The van der Waals surface area contributed by atoms with Crippen LogP contribution in [0.2, 0.25) is 0 Å². The number of sulfone groups is 1. The van der Waals surface area contributed by atoms with Crippen molar-refractivity contribution in [1.82, 2.24) is 9.47 Å². The first-order valence-electron chi connectivity index (χ1n) is 6.93. The summed E-state index contributed by atoms with van der Waals surface area (Å²) >= 11 is 1.57. The fourth-order valence-electron chi connectivity index (χ4n) is 2.64. The number of thioether (sulfide) groups is 1. The lowest BCUT2D eigenvalue weighted by Gasteiger charge is -2.34. The summed E-state index contributed by atoms with van der Waals surface area (Å²) in [6, 6.07) is 1.99. The molecule has 2 fully saturated rings. The molecule has 2 heterocycles. The minimum Gasteiger partial charge on any atom is -0.397 e. The van der Waals surface area contributed by atoms with Gasteiger partial charge >= 0.3 is 0 Å². The Morgan fingerprint density at radius 2 is 2.14 bits per heavy atom. The second kappa shape index (κ2) is 5.24. The van der Waals surface area contributed by atoms with Crippen molar-refractivity contribution >= 4 is 33.2 Å². The number of nitrogens with two attached hydrogens (primary N) is 1. The van der Waals surface area contributed by atoms with E-state index in [-0.39, 0.29) is 5.91 Å². The van der Waals surface area contributed by atoms with E-state index in [9.17, 15) is 13.2 Å². The molecule has 2 N–H and O–H groups in total. The summed E-state index contributed by atoms with van der Waals surface area (Å²) in [5.74, 6) is 0.969. The lowest BCUT2D eigenvalue weighted by Crippen LogP contribution is -2.50. The zero-order valence-electron chi connectivity index (χ0n) is 11.9. The van der Waals surface area contributed by atoms with Crippen LogP contribution in [0.3, 0.4) is 0 Å². The van der Waals surface area contributed by atoms with Gasteiger partial charge in [0, 0.05) is 36.5 Å². The predicted molar refractivity (Wildman–Crippen MR) is 84.1 cm³/mol. The van der Waals surface area contributed by atoms with E-state index in [0.717, 1.165) is 18.6 Å². The molecule has 1 aromatic rings. The zero-order chi connectivity index (χ0) is 15.2. The maximum atomic E-state index is 12.8. The number of rotatable bonds is 3. The molecule has 1 amide bonds. The Balaban J connectivity index is 1.93. The molecule has 1 aliphatic heterocycles. The first-order valence-corrected chi connectivity index (χ1v) is 10.0. The molecule has 0 aromatic carbocycles. The smallest absolute Gasteiger partial charge is 0.271 e. The number of nitrogens with zero attached hydrogens (tertiary/aromatic N) is 2. The summed E-state index contributed by atoms with van der Waals surface area (Å²) in [5.41, 5.74) is 6.88. The van der Waals surface area contributed by atoms with E-state index in [2.05, 4.69) is 0 Å². The summed E-state index contributed by atoms with van der Waals surface area (Å²) in [6.07, 6.45) is 5.05. The third-order valence-electron chi connectivity index (χ3n) is 3.87. The summed E-state index contributed by atoms with van der Waals surface area (Å²) < 4.78 is 25.8. The highest BCUT2D eigenvalue weighted by molar-refractivity contribution is 8.00. The summed E-state index contributed by atoms with van der Waals surface area (Å²) in [6.45, 7) is 0.455. The molecule has 116 valence electrons. The van der Waals surface area contributed by atoms with E-state index in [1.54, 1.807) is 24.0 Å². The van der Waals surface area contributed by atoms with E-state index in [0.29, 0.717) is 29.7 Å². The molecule has 0 radical (unpaired) electrons. The SMILES string of the molecule is CS(=O)(=O)C1CSCCN1C(=O)c1cc(N)cn1C1CC1. The largest absolute Gasteiger partial charge is 0.397 e. The molecule has 1 atom stereocenters. The number of hydrogen-bond donors (Lipinski definition) is 1. The van der Waals surface area contributed by atoms with Crippen molar-refractivity contribution in [3.63, 3.8) is 0 Å². The zero-order valence-corrected chi connectivity index (χ0v) is 13.5. The van der Waals surface area contributed by atoms with Crippen LogP contribution in [-0.2, 0) is 9.84 Å². The minimum atomic E-state index is -3.29. The molecule has 1 aliphatic carbocycles. The quantitative estimate of drug-likeness (QED) is 0.893. The van der Waals surface area contributed by atoms with E-state index in [1.807, 2.05) is 4.57 Å². The van der Waals surface area contributed by atoms with Gasteiger partial charge in [0.2, 0.25) is 0 Å². The Hall–Kier alpha value is -1.15. The molecular weight excluding hydrogens is 310 g/mol. The topological polar surface area (TPSA) is 85.4 Å². The molecule has 1 unspecified atom stereocenters. The van der Waals surface area contributed by atoms with Crippen molar-refractivity contribution in [3.05, 3.63) is 18.0 Å². The molecular formula is C13H19N3O3S2. The molecule has 2 aliphatic rings. The van der Waals surface area contributed by atoms with Crippen molar-refractivity contribution < 1.29 is 13.2 Å². The number of hydrogen-bond acceptors (Lipinski definition) is 5. The Morgan fingerprint density at radius 1 is 1.43 bits per heavy atom. The van der Waals surface area contributed by atoms with Gasteiger partial charge in [0.1, 0.15) is 11.1 Å². The van der Waals surface area contributed by atoms with Gasteiger partial charge in [-0.3, -0.25) is 4.79 Å². The van der Waals surface area contributed by atoms with Crippen LogP contribution in [0.5, 0.6) is 0 Å². The maximum absolute atomic E-state index is 12.8. The molecule has 1 saturated heterocycles. The fourth-order valence-corrected chi connectivity index (χ4v) is 5.46. The van der Waals surface area contributed by atoms with Crippen LogP contribution in [0.15, 0.2) is 12.3 Å². The van der Waals surface area contributed by atoms with E-state index in [1.165, 1.54) is 11.2 Å². The Morgan fingerprint density at radius 3 is 2.76 bits per heavy atom. The van der Waals surface area contributed by atoms with Gasteiger partial charge in [-0.1, -0.05) is 0 Å². The van der Waals surface area contributed by atoms with Gasteiger partial charge in [0.05, 0.1) is 5.69 Å². The first kappa shape index (κ1) is 14.8. The van der Waals surface area contributed by atoms with Crippen LogP contribution < -0.4 is 5.73 Å². The van der Waals surface area contributed by atoms with Gasteiger partial charge in [0.15, 0.2) is 9.84 Å². The average Bonchev–Trinajstić information content (AvgIpc) is 3.20. The summed E-state index contributed by atoms with van der Waals surface area (Å²) in [4.78, 5) is 14.3. The van der Waals surface area contributed by atoms with E-state index < -0.39 is 15.2 Å². The third kappa shape index (κ3) is 2.91. The van der Waals surface area contributed by atoms with Crippen molar-refractivity contribution in [2.75, 3.05) is 30.0 Å². The first-order chi connectivity index (χ1) is 9.88. The highest BCUT2D eigenvalue weighted by Gasteiger charge is 2.37. The maximum Gasteiger partial charge on any atom is 0.271 e. The van der Waals surface area contributed by atoms with Crippen molar-refractivity contribution in [2.24, 2.45) is 0 Å². The number of amides is 1. The van der Waals surface area contributed by atoms with Gasteiger partial charge in [0.25, 0.3) is 5.91 Å². The van der Waals surface area contributed by atoms with E-state index in [4.69, 9.17) is 5.73 Å². The van der Waals surface area contributed by atoms with Gasteiger partial charge in [-0.05, 0) is 18.9 Å². The van der Waals surface area contributed by atoms with Crippen molar-refractivity contribution in [2.45, 2.75) is 24.3 Å². The van der Waals surface area contributed by atoms with Crippen molar-refractivity contribution in [3.8, 4) is 0 Å². The number of anilines is 1. The number of carbonyl (C=O) groups is 1. The molecule has 21 heavy (non-hydrogen) atoms. The molecule has 6 nitrogen and oxygen atoms in total. The number of aromatic nitrogens is 1. The van der Waals surface area contributed by atoms with Crippen LogP contribution in [0, 0.1) is 0 Å². The Labute approximate surface area is 128 Å². The second-order valence-electron chi connectivity index (χ2n) is 5.65. The molecule has 0 spiro atoms. The highest BCUT2D eigenvalue weighted by Crippen LogP contribution is 2.37. The molecule has 1 saturated carbocycles. The van der Waals surface area contributed by atoms with Gasteiger partial charge in [-0.25, -0.2) is 8.42 Å². The number of carbonyl (C=O) groups excluding carboxylic acids is 1.